The highest BCUT2D eigenvalue weighted by atomic mass is 35.5. The third-order valence-electron chi connectivity index (χ3n) is 4.34. The van der Waals surface area contributed by atoms with Crippen molar-refractivity contribution in [3.63, 3.8) is 0 Å². The number of alkyl halides is 1. The van der Waals surface area contributed by atoms with E-state index in [9.17, 15) is 14.7 Å². The number of carbonyl (C=O) groups excluding carboxylic acids is 1. The molecule has 1 N–H and O–H groups in total. The van der Waals surface area contributed by atoms with Gasteiger partial charge in [0.05, 0.1) is 18.5 Å². The molecule has 0 aliphatic carbocycles. The van der Waals surface area contributed by atoms with E-state index in [2.05, 4.69) is 33.9 Å². The largest absolute Gasteiger partial charge is 0.465 e. The molecule has 0 aromatic heterocycles. The van der Waals surface area contributed by atoms with Gasteiger partial charge in [0, 0.05) is 12.1 Å². The molecule has 1 atom stereocenters. The van der Waals surface area contributed by atoms with Crippen LogP contribution >= 0.6 is 11.6 Å². The lowest BCUT2D eigenvalue weighted by atomic mass is 10.1. The second-order valence-electron chi connectivity index (χ2n) is 6.74. The number of hydrogen-bond acceptors (Lipinski definition) is 3. The van der Waals surface area contributed by atoms with Gasteiger partial charge in [0.25, 0.3) is 0 Å². The Kier molecular flexibility index (Phi) is 5.63. The van der Waals surface area contributed by atoms with E-state index < -0.39 is 20.5 Å². The summed E-state index contributed by atoms with van der Waals surface area (Å²) in [6.45, 7) is 11.0. The predicted octanol–water partition coefficient (Wildman–Crippen LogP) is 3.10. The fourth-order valence-electron chi connectivity index (χ4n) is 1.90. The first kappa shape index (κ1) is 18.2. The van der Waals surface area contributed by atoms with Gasteiger partial charge in [-0.3, -0.25) is 9.69 Å². The van der Waals surface area contributed by atoms with Crippen LogP contribution in [0.5, 0.6) is 0 Å². The molecule has 1 aliphatic rings. The van der Waals surface area contributed by atoms with Gasteiger partial charge >= 0.3 is 6.09 Å². The lowest BCUT2D eigenvalue weighted by Gasteiger charge is -2.38. The number of amides is 1. The molecule has 5 nitrogen and oxygen atoms in total. The van der Waals surface area contributed by atoms with Crippen LogP contribution in [0.25, 0.3) is 0 Å². The van der Waals surface area contributed by atoms with Crippen LogP contribution in [0.2, 0.25) is 18.1 Å². The molecule has 1 rings (SSSR count). The molecule has 21 heavy (non-hydrogen) atoms. The Bertz CT molecular complexity index is 456. The number of Topliss-reactive ketones (excluding diaryl/α,β-unsaturated/α-hetero) is 1. The summed E-state index contributed by atoms with van der Waals surface area (Å²) < 4.78 is 6.08. The summed E-state index contributed by atoms with van der Waals surface area (Å²) in [4.78, 5) is 24.4. The van der Waals surface area contributed by atoms with E-state index in [4.69, 9.17) is 16.0 Å². The number of nitrogens with zero attached hydrogens (tertiary/aromatic N) is 1. The van der Waals surface area contributed by atoms with E-state index in [1.54, 1.807) is 6.08 Å². The minimum Gasteiger partial charge on any atom is -0.465 e. The zero-order chi connectivity index (χ0) is 16.4. The van der Waals surface area contributed by atoms with Crippen LogP contribution in [0.3, 0.4) is 0 Å². The van der Waals surface area contributed by atoms with Gasteiger partial charge in [-0.25, -0.2) is 4.79 Å². The van der Waals surface area contributed by atoms with E-state index in [1.807, 2.05) is 0 Å². The Balaban J connectivity index is 2.87. The normalized spacial score (nSPS) is 19.6. The fourth-order valence-corrected chi connectivity index (χ4v) is 3.06. The molecule has 0 aromatic rings. The third kappa shape index (κ3) is 4.08. The molecule has 7 heteroatoms. The van der Waals surface area contributed by atoms with Crippen LogP contribution in [0.1, 0.15) is 20.8 Å². The second-order valence-corrected chi connectivity index (χ2v) is 11.8. The maximum absolute atomic E-state index is 11.9. The summed E-state index contributed by atoms with van der Waals surface area (Å²) >= 11 is 5.60. The van der Waals surface area contributed by atoms with Crippen molar-refractivity contribution in [3.8, 4) is 0 Å². The monoisotopic (exact) mass is 333 g/mol. The van der Waals surface area contributed by atoms with Gasteiger partial charge in [0.15, 0.2) is 14.1 Å². The summed E-state index contributed by atoms with van der Waals surface area (Å²) in [6.07, 6.45) is 0.589. The van der Waals surface area contributed by atoms with Gasteiger partial charge in [-0.05, 0) is 18.1 Å². The number of halogens is 1. The summed E-state index contributed by atoms with van der Waals surface area (Å²) in [6, 6.07) is -0.553. The van der Waals surface area contributed by atoms with Gasteiger partial charge in [-0.15, -0.1) is 11.6 Å². The smallest absolute Gasteiger partial charge is 0.408 e. The van der Waals surface area contributed by atoms with Crippen molar-refractivity contribution >= 4 is 31.8 Å². The highest BCUT2D eigenvalue weighted by Gasteiger charge is 2.40. The average molecular weight is 334 g/mol. The van der Waals surface area contributed by atoms with Gasteiger partial charge < -0.3 is 9.53 Å². The quantitative estimate of drug-likeness (QED) is 0.620. The first-order chi connectivity index (χ1) is 9.51. The zero-order valence-corrected chi connectivity index (χ0v) is 15.0. The zero-order valence-electron chi connectivity index (χ0n) is 13.3. The molecule has 120 valence electrons. The van der Waals surface area contributed by atoms with Gasteiger partial charge in [-0.2, -0.15) is 0 Å². The van der Waals surface area contributed by atoms with Crippen LogP contribution in [0, 0.1) is 0 Å². The lowest BCUT2D eigenvalue weighted by Crippen LogP contribution is -2.47. The van der Waals surface area contributed by atoms with E-state index >= 15 is 0 Å². The van der Waals surface area contributed by atoms with Gasteiger partial charge in [0.1, 0.15) is 0 Å². The Hall–Kier alpha value is -0.853. The van der Waals surface area contributed by atoms with Gasteiger partial charge in [0.2, 0.25) is 0 Å². The van der Waals surface area contributed by atoms with Crippen molar-refractivity contribution < 1.29 is 19.1 Å². The van der Waals surface area contributed by atoms with Crippen LogP contribution < -0.4 is 0 Å². The summed E-state index contributed by atoms with van der Waals surface area (Å²) in [7, 11) is -2.00. The molecule has 0 fully saturated rings. The number of ketones is 1. The van der Waals surface area contributed by atoms with Crippen molar-refractivity contribution in [2.45, 2.75) is 44.9 Å². The van der Waals surface area contributed by atoms with Gasteiger partial charge in [-0.1, -0.05) is 26.8 Å². The standard InChI is InChI=1S/C14H24ClNO4Si/c1-14(2,3)21(4,5)20-9-11-10(12(17)8-15)6-7-16(11)13(18)19/h6,11H,7-9H2,1-5H3,(H,18,19)/t11-/m1/s1. The minimum atomic E-state index is -2.00. The topological polar surface area (TPSA) is 66.8 Å². The summed E-state index contributed by atoms with van der Waals surface area (Å²) in [5.74, 6) is -0.375. The molecular weight excluding hydrogens is 310 g/mol. The SMILES string of the molecule is CC(C)(C)[Si](C)(C)OC[C@@H]1C(C(=O)CCl)=CCN1C(=O)O. The van der Waals surface area contributed by atoms with Crippen molar-refractivity contribution in [3.05, 3.63) is 11.6 Å². The number of carboxylic acid groups (broad SMARTS) is 1. The molecule has 1 heterocycles. The Morgan fingerprint density at radius 2 is 2.05 bits per heavy atom. The van der Waals surface area contributed by atoms with Crippen LogP contribution in [0.4, 0.5) is 4.79 Å². The molecule has 0 saturated heterocycles. The van der Waals surface area contributed by atoms with Crippen molar-refractivity contribution in [2.75, 3.05) is 19.0 Å². The number of rotatable bonds is 5. The molecular formula is C14H24ClNO4Si. The summed E-state index contributed by atoms with van der Waals surface area (Å²) in [5.41, 5.74) is 0.450. The second kappa shape index (κ2) is 6.50. The van der Waals surface area contributed by atoms with E-state index in [0.717, 1.165) is 0 Å². The lowest BCUT2D eigenvalue weighted by molar-refractivity contribution is -0.113. The van der Waals surface area contributed by atoms with E-state index in [1.165, 1.54) is 4.90 Å². The minimum absolute atomic E-state index is 0.0278. The van der Waals surface area contributed by atoms with Crippen molar-refractivity contribution in [1.82, 2.24) is 4.90 Å². The molecule has 1 amide bonds. The Morgan fingerprint density at radius 3 is 2.48 bits per heavy atom. The van der Waals surface area contributed by atoms with E-state index in [0.29, 0.717) is 5.57 Å². The molecule has 0 bridgehead atoms. The van der Waals surface area contributed by atoms with Crippen LogP contribution in [-0.2, 0) is 9.22 Å². The first-order valence-electron chi connectivity index (χ1n) is 6.94. The van der Waals surface area contributed by atoms with E-state index in [-0.39, 0.29) is 29.9 Å². The number of hydrogen-bond donors (Lipinski definition) is 1. The Labute approximate surface area is 132 Å². The fraction of sp³-hybridized carbons (Fsp3) is 0.714. The molecule has 0 spiro atoms. The highest BCUT2D eigenvalue weighted by molar-refractivity contribution is 6.74. The molecule has 0 saturated carbocycles. The summed E-state index contributed by atoms with van der Waals surface area (Å²) in [5, 5.41) is 9.28. The third-order valence-corrected chi connectivity index (χ3v) is 9.08. The van der Waals surface area contributed by atoms with Crippen LogP contribution in [0.15, 0.2) is 11.6 Å². The highest BCUT2D eigenvalue weighted by Crippen LogP contribution is 2.37. The Morgan fingerprint density at radius 1 is 1.48 bits per heavy atom. The predicted molar refractivity (Wildman–Crippen MR) is 85.5 cm³/mol. The first-order valence-corrected chi connectivity index (χ1v) is 10.4. The van der Waals surface area contributed by atoms with Crippen molar-refractivity contribution in [1.29, 1.82) is 0 Å². The molecule has 0 radical (unpaired) electrons. The maximum Gasteiger partial charge on any atom is 0.408 e. The molecule has 1 aliphatic heterocycles. The average Bonchev–Trinajstić information content (AvgIpc) is 2.78. The maximum atomic E-state index is 11.9. The number of carbonyl (C=O) groups is 2. The van der Waals surface area contributed by atoms with Crippen LogP contribution in [-0.4, -0.2) is 55.3 Å². The molecule has 0 unspecified atom stereocenters. The van der Waals surface area contributed by atoms with Crippen molar-refractivity contribution in [2.24, 2.45) is 0 Å². The molecule has 0 aromatic carbocycles.